The number of nitrogens with zero attached hydrogens (tertiary/aromatic N) is 3. The summed E-state index contributed by atoms with van der Waals surface area (Å²) in [5.41, 5.74) is 6.10. The van der Waals surface area contributed by atoms with Crippen LogP contribution in [0.2, 0.25) is 0 Å². The van der Waals surface area contributed by atoms with Crippen LogP contribution in [0.4, 0.5) is 37.2 Å². The van der Waals surface area contributed by atoms with Gasteiger partial charge in [0.1, 0.15) is 5.01 Å². The molecule has 0 aliphatic carbocycles. The number of hydroxylamine groups is 1. The SMILES string of the molecule is NC(CNc1nnc(-c2ccc3c(c2)CC(=O)N3OC(=O)C(F)(F)F)s1)C(O)c1ccc(C(F)(F)F)cc1. The van der Waals surface area contributed by atoms with Crippen LogP contribution < -0.4 is 16.1 Å². The lowest BCUT2D eigenvalue weighted by atomic mass is 10.0. The van der Waals surface area contributed by atoms with E-state index in [-0.39, 0.29) is 24.2 Å². The van der Waals surface area contributed by atoms with E-state index < -0.39 is 41.9 Å². The minimum absolute atomic E-state index is 0.00492. The summed E-state index contributed by atoms with van der Waals surface area (Å²) >= 11 is 1.07. The molecule has 0 saturated heterocycles. The van der Waals surface area contributed by atoms with Crippen LogP contribution in [0.3, 0.4) is 0 Å². The first-order chi connectivity index (χ1) is 17.7. The van der Waals surface area contributed by atoms with Gasteiger partial charge < -0.3 is 21.0 Å². The molecular weight excluding hydrogens is 544 g/mol. The molecule has 9 nitrogen and oxygen atoms in total. The number of carbonyl (C=O) groups excluding carboxylic acids is 2. The maximum Gasteiger partial charge on any atom is 0.493 e. The second kappa shape index (κ2) is 10.2. The van der Waals surface area contributed by atoms with Crippen molar-refractivity contribution in [3.05, 3.63) is 59.2 Å². The zero-order valence-electron chi connectivity index (χ0n) is 18.9. The lowest BCUT2D eigenvalue weighted by Gasteiger charge is -2.19. The van der Waals surface area contributed by atoms with E-state index >= 15 is 0 Å². The van der Waals surface area contributed by atoms with Gasteiger partial charge in [-0.1, -0.05) is 23.5 Å². The van der Waals surface area contributed by atoms with Crippen LogP contribution in [0.1, 0.15) is 22.8 Å². The first-order valence-corrected chi connectivity index (χ1v) is 11.5. The van der Waals surface area contributed by atoms with Crippen molar-refractivity contribution in [2.24, 2.45) is 5.73 Å². The monoisotopic (exact) mass is 561 g/mol. The number of carbonyl (C=O) groups is 2. The molecule has 4 N–H and O–H groups in total. The van der Waals surface area contributed by atoms with Crippen LogP contribution >= 0.6 is 11.3 Å². The summed E-state index contributed by atoms with van der Waals surface area (Å²) in [7, 11) is 0. The number of nitrogens with two attached hydrogens (primary N) is 1. The lowest BCUT2D eigenvalue weighted by molar-refractivity contribution is -0.201. The van der Waals surface area contributed by atoms with Crippen molar-refractivity contribution in [2.75, 3.05) is 16.9 Å². The number of rotatable bonds is 7. The molecule has 2 heterocycles. The summed E-state index contributed by atoms with van der Waals surface area (Å²) in [4.78, 5) is 27.4. The molecule has 0 saturated carbocycles. The summed E-state index contributed by atoms with van der Waals surface area (Å²) in [6.45, 7) is -0.00492. The fourth-order valence-electron chi connectivity index (χ4n) is 3.51. The first-order valence-electron chi connectivity index (χ1n) is 10.7. The van der Waals surface area contributed by atoms with E-state index in [0.717, 1.165) is 35.6 Å². The van der Waals surface area contributed by atoms with Crippen LogP contribution in [0.15, 0.2) is 42.5 Å². The van der Waals surface area contributed by atoms with E-state index in [9.17, 15) is 41.0 Å². The van der Waals surface area contributed by atoms with Crippen molar-refractivity contribution in [1.82, 2.24) is 10.2 Å². The van der Waals surface area contributed by atoms with Gasteiger partial charge in [0.25, 0.3) is 5.91 Å². The second-order valence-corrected chi connectivity index (χ2v) is 9.08. The summed E-state index contributed by atoms with van der Waals surface area (Å²) < 4.78 is 75.6. The number of halogens is 6. The number of aliphatic hydroxyl groups excluding tert-OH is 1. The number of aliphatic hydroxyl groups is 1. The molecule has 0 bridgehead atoms. The molecule has 3 aromatic rings. The number of hydrogen-bond acceptors (Lipinski definition) is 9. The predicted octanol–water partition coefficient (Wildman–Crippen LogP) is 3.61. The largest absolute Gasteiger partial charge is 0.493 e. The van der Waals surface area contributed by atoms with Gasteiger partial charge in [-0.3, -0.25) is 4.79 Å². The van der Waals surface area contributed by atoms with Gasteiger partial charge in [0.15, 0.2) is 0 Å². The number of amides is 1. The summed E-state index contributed by atoms with van der Waals surface area (Å²) in [5.74, 6) is -3.38. The molecular formula is C22H17F6N5O4S. The smallest absolute Gasteiger partial charge is 0.387 e. The second-order valence-electron chi connectivity index (χ2n) is 8.11. The van der Waals surface area contributed by atoms with Gasteiger partial charge >= 0.3 is 18.3 Å². The average molecular weight is 561 g/mol. The van der Waals surface area contributed by atoms with Crippen LogP contribution in [0.5, 0.6) is 0 Å². The average Bonchev–Trinajstić information content (AvgIpc) is 3.45. The van der Waals surface area contributed by atoms with E-state index in [1.807, 2.05) is 0 Å². The fraction of sp³-hybridized carbons (Fsp3) is 0.273. The molecule has 2 atom stereocenters. The highest BCUT2D eigenvalue weighted by Crippen LogP contribution is 2.36. The molecule has 16 heteroatoms. The van der Waals surface area contributed by atoms with E-state index in [0.29, 0.717) is 26.3 Å². The van der Waals surface area contributed by atoms with Gasteiger partial charge in [-0.25, -0.2) is 4.79 Å². The maximum atomic E-state index is 12.7. The summed E-state index contributed by atoms with van der Waals surface area (Å²) in [6, 6.07) is 7.33. The molecule has 1 amide bonds. The van der Waals surface area contributed by atoms with Gasteiger partial charge in [-0.05, 0) is 41.5 Å². The summed E-state index contributed by atoms with van der Waals surface area (Å²) in [5, 5.41) is 22.2. The molecule has 1 aliphatic heterocycles. The predicted molar refractivity (Wildman–Crippen MR) is 122 cm³/mol. The topological polar surface area (TPSA) is 131 Å². The van der Waals surface area contributed by atoms with Crippen molar-refractivity contribution in [1.29, 1.82) is 0 Å². The highest BCUT2D eigenvalue weighted by atomic mass is 32.1. The van der Waals surface area contributed by atoms with Crippen LogP contribution in [-0.2, 0) is 27.0 Å². The number of benzene rings is 2. The molecule has 2 unspecified atom stereocenters. The molecule has 2 aromatic carbocycles. The normalized spacial score (nSPS) is 15.3. The Kier molecular flexibility index (Phi) is 7.31. The molecule has 4 rings (SSSR count). The molecule has 1 aliphatic rings. The van der Waals surface area contributed by atoms with Gasteiger partial charge in [0.05, 0.1) is 29.8 Å². The standard InChI is InChI=1S/C22H17F6N5O4S/c23-21(24,25)13-4-1-10(2-5-13)17(35)14(29)9-30-20-32-31-18(38-20)11-3-6-15-12(7-11)8-16(34)33(15)37-19(36)22(26,27)28/h1-7,14,17,35H,8-9,29H2,(H,30,32). The van der Waals surface area contributed by atoms with Gasteiger partial charge in [0, 0.05) is 12.1 Å². The van der Waals surface area contributed by atoms with Gasteiger partial charge in [-0.15, -0.1) is 15.3 Å². The van der Waals surface area contributed by atoms with Crippen molar-refractivity contribution < 1.29 is 45.9 Å². The fourth-order valence-corrected chi connectivity index (χ4v) is 4.25. The first kappa shape index (κ1) is 27.3. The number of fused-ring (bicyclic) bond motifs is 1. The zero-order valence-corrected chi connectivity index (χ0v) is 19.7. The minimum atomic E-state index is -5.27. The third-order valence-corrected chi connectivity index (χ3v) is 6.35. The van der Waals surface area contributed by atoms with Crippen LogP contribution in [0, 0.1) is 0 Å². The van der Waals surface area contributed by atoms with E-state index in [4.69, 9.17) is 5.73 Å². The van der Waals surface area contributed by atoms with E-state index in [1.165, 1.54) is 18.2 Å². The Morgan fingerprint density at radius 2 is 1.82 bits per heavy atom. The summed E-state index contributed by atoms with van der Waals surface area (Å²) in [6.07, 6.45) is -11.3. The molecule has 38 heavy (non-hydrogen) atoms. The highest BCUT2D eigenvalue weighted by molar-refractivity contribution is 7.18. The minimum Gasteiger partial charge on any atom is -0.387 e. The van der Waals surface area contributed by atoms with Gasteiger partial charge in [-0.2, -0.15) is 26.3 Å². The molecule has 0 radical (unpaired) electrons. The van der Waals surface area contributed by atoms with E-state index in [2.05, 4.69) is 20.4 Å². The molecule has 0 fully saturated rings. The van der Waals surface area contributed by atoms with Crippen molar-refractivity contribution >= 4 is 34.0 Å². The van der Waals surface area contributed by atoms with Crippen LogP contribution in [0.25, 0.3) is 10.6 Å². The zero-order chi connectivity index (χ0) is 27.8. The Hall–Kier alpha value is -3.76. The number of alkyl halides is 6. The number of hydrogen-bond donors (Lipinski definition) is 3. The van der Waals surface area contributed by atoms with Crippen molar-refractivity contribution in [3.63, 3.8) is 0 Å². The Labute approximate surface area is 213 Å². The Morgan fingerprint density at radius 1 is 1.13 bits per heavy atom. The van der Waals surface area contributed by atoms with Crippen LogP contribution in [-0.4, -0.2) is 45.9 Å². The van der Waals surface area contributed by atoms with Crippen molar-refractivity contribution in [2.45, 2.75) is 30.9 Å². The van der Waals surface area contributed by atoms with E-state index in [1.54, 1.807) is 0 Å². The highest BCUT2D eigenvalue weighted by Gasteiger charge is 2.45. The number of nitrogens with one attached hydrogen (secondary N) is 1. The Bertz CT molecular complexity index is 1350. The number of anilines is 2. The Balaban J connectivity index is 1.39. The van der Waals surface area contributed by atoms with Gasteiger partial charge in [0.2, 0.25) is 5.13 Å². The Morgan fingerprint density at radius 3 is 2.45 bits per heavy atom. The molecule has 0 spiro atoms. The number of aromatic nitrogens is 2. The lowest BCUT2D eigenvalue weighted by Crippen LogP contribution is -2.36. The third kappa shape index (κ3) is 5.87. The molecule has 202 valence electrons. The van der Waals surface area contributed by atoms with Crippen molar-refractivity contribution in [3.8, 4) is 10.6 Å². The molecule has 1 aromatic heterocycles. The quantitative estimate of drug-likeness (QED) is 0.373. The maximum absolute atomic E-state index is 12.7. The third-order valence-electron chi connectivity index (χ3n) is 5.42.